The minimum Gasteiger partial charge on any atom is -0.300 e. The molecule has 0 atom stereocenters. The van der Waals surface area contributed by atoms with Gasteiger partial charge in [-0.05, 0) is 18.1 Å². The number of ketones is 1. The highest BCUT2D eigenvalue weighted by Gasteiger charge is 1.97. The topological polar surface area (TPSA) is 17.1 Å². The zero-order valence-electron chi connectivity index (χ0n) is 7.72. The third-order valence-corrected chi connectivity index (χ3v) is 1.86. The highest BCUT2D eigenvalue weighted by Crippen LogP contribution is 2.06. The Morgan fingerprint density at radius 2 is 1.77 bits per heavy atom. The second-order valence-electron chi connectivity index (χ2n) is 3.13. The number of rotatable bonds is 4. The summed E-state index contributed by atoms with van der Waals surface area (Å²) < 4.78 is 11.9. The van der Waals surface area contributed by atoms with E-state index in [-0.39, 0.29) is 12.5 Å². The summed E-state index contributed by atoms with van der Waals surface area (Å²) in [6, 6.07) is 7.51. The molecule has 0 aromatic heterocycles. The van der Waals surface area contributed by atoms with Gasteiger partial charge < -0.3 is 0 Å². The number of hydrogen-bond acceptors (Lipinski definition) is 1. The predicted molar refractivity (Wildman–Crippen MR) is 50.5 cm³/mol. The maximum Gasteiger partial charge on any atom is 0.134 e. The van der Waals surface area contributed by atoms with Gasteiger partial charge in [-0.1, -0.05) is 24.3 Å². The lowest BCUT2D eigenvalue weighted by molar-refractivity contribution is -0.116. The molecular formula is C11H13FO. The van der Waals surface area contributed by atoms with Crippen LogP contribution in [0.4, 0.5) is 4.39 Å². The summed E-state index contributed by atoms with van der Waals surface area (Å²) in [6.07, 6.45) is 0.927. The lowest BCUT2D eigenvalue weighted by atomic mass is 10.1. The summed E-state index contributed by atoms with van der Waals surface area (Å²) in [5.74, 6) is 0.151. The van der Waals surface area contributed by atoms with Gasteiger partial charge in [-0.15, -0.1) is 0 Å². The van der Waals surface area contributed by atoms with Gasteiger partial charge in [0.2, 0.25) is 0 Å². The zero-order valence-corrected chi connectivity index (χ0v) is 7.72. The van der Waals surface area contributed by atoms with Crippen LogP contribution in [-0.4, -0.2) is 12.5 Å². The molecule has 1 rings (SSSR count). The molecule has 0 spiro atoms. The first kappa shape index (κ1) is 9.90. The summed E-state index contributed by atoms with van der Waals surface area (Å²) in [6.45, 7) is 1.24. The molecule has 0 heterocycles. The first-order valence-corrected chi connectivity index (χ1v) is 4.35. The summed E-state index contributed by atoms with van der Waals surface area (Å²) in [4.78, 5) is 10.8. The fourth-order valence-electron chi connectivity index (χ4n) is 1.22. The Morgan fingerprint density at radius 3 is 2.23 bits per heavy atom. The number of hydrogen-bond donors (Lipinski definition) is 0. The number of halogens is 1. The van der Waals surface area contributed by atoms with E-state index in [2.05, 4.69) is 0 Å². The fraction of sp³-hybridized carbons (Fsp3) is 0.364. The van der Waals surface area contributed by atoms with Crippen LogP contribution in [0.3, 0.4) is 0 Å². The zero-order chi connectivity index (χ0) is 9.68. The van der Waals surface area contributed by atoms with Crippen LogP contribution < -0.4 is 0 Å². The van der Waals surface area contributed by atoms with Crippen molar-refractivity contribution >= 4 is 5.78 Å². The molecule has 1 aromatic carbocycles. The highest BCUT2D eigenvalue weighted by molar-refractivity contribution is 5.78. The van der Waals surface area contributed by atoms with Crippen LogP contribution in [0.1, 0.15) is 18.1 Å². The molecule has 0 aliphatic carbocycles. The van der Waals surface area contributed by atoms with Crippen molar-refractivity contribution in [1.29, 1.82) is 0 Å². The van der Waals surface area contributed by atoms with Crippen molar-refractivity contribution in [2.45, 2.75) is 19.8 Å². The van der Waals surface area contributed by atoms with Gasteiger partial charge in [0.15, 0.2) is 0 Å². The summed E-state index contributed by atoms with van der Waals surface area (Å²) >= 11 is 0. The average Bonchev–Trinajstić information content (AvgIpc) is 2.08. The van der Waals surface area contributed by atoms with Gasteiger partial charge in [0.1, 0.15) is 5.78 Å². The Bertz CT molecular complexity index is 277. The van der Waals surface area contributed by atoms with Crippen molar-refractivity contribution < 1.29 is 9.18 Å². The van der Waals surface area contributed by atoms with Crippen molar-refractivity contribution in [3.63, 3.8) is 0 Å². The van der Waals surface area contributed by atoms with Crippen molar-refractivity contribution in [3.8, 4) is 0 Å². The number of alkyl halides is 1. The maximum absolute atomic E-state index is 11.9. The number of carbonyl (C=O) groups excluding carboxylic acids is 1. The third-order valence-electron chi connectivity index (χ3n) is 1.86. The smallest absolute Gasteiger partial charge is 0.134 e. The third kappa shape index (κ3) is 3.36. The molecule has 2 heteroatoms. The molecule has 13 heavy (non-hydrogen) atoms. The molecule has 0 aliphatic rings. The van der Waals surface area contributed by atoms with E-state index in [9.17, 15) is 9.18 Å². The Balaban J connectivity index is 2.64. The average molecular weight is 180 g/mol. The van der Waals surface area contributed by atoms with Gasteiger partial charge in [-0.25, -0.2) is 0 Å². The van der Waals surface area contributed by atoms with E-state index < -0.39 is 0 Å². The van der Waals surface area contributed by atoms with E-state index in [1.54, 1.807) is 6.92 Å². The van der Waals surface area contributed by atoms with Crippen LogP contribution in [0.15, 0.2) is 24.3 Å². The molecule has 0 unspecified atom stereocenters. The van der Waals surface area contributed by atoms with Crippen LogP contribution >= 0.6 is 0 Å². The molecule has 0 aliphatic heterocycles. The largest absolute Gasteiger partial charge is 0.300 e. The molecule has 0 N–H and O–H groups in total. The van der Waals surface area contributed by atoms with E-state index >= 15 is 0 Å². The number of carbonyl (C=O) groups is 1. The van der Waals surface area contributed by atoms with Gasteiger partial charge in [-0.3, -0.25) is 9.18 Å². The molecule has 1 aromatic rings. The van der Waals surface area contributed by atoms with Crippen molar-refractivity contribution in [3.05, 3.63) is 35.4 Å². The van der Waals surface area contributed by atoms with Crippen LogP contribution in [-0.2, 0) is 17.6 Å². The lowest BCUT2D eigenvalue weighted by Crippen LogP contribution is -1.96. The second kappa shape index (κ2) is 4.75. The minimum atomic E-state index is -0.327. The van der Waals surface area contributed by atoms with Crippen LogP contribution in [0.2, 0.25) is 0 Å². The SMILES string of the molecule is CC(=O)Cc1ccc(CCF)cc1. The predicted octanol–water partition coefficient (Wildman–Crippen LogP) is 2.33. The standard InChI is InChI=1S/C11H13FO/c1-9(13)8-11-4-2-10(3-5-11)6-7-12/h2-5H,6-8H2,1H3. The van der Waals surface area contributed by atoms with Crippen molar-refractivity contribution in [2.75, 3.05) is 6.67 Å². The van der Waals surface area contributed by atoms with Crippen molar-refractivity contribution in [1.82, 2.24) is 0 Å². The summed E-state index contributed by atoms with van der Waals surface area (Å²) in [5, 5.41) is 0. The Kier molecular flexibility index (Phi) is 3.62. The maximum atomic E-state index is 11.9. The van der Waals surface area contributed by atoms with E-state index in [0.717, 1.165) is 11.1 Å². The number of Topliss-reactive ketones (excluding diaryl/α,β-unsaturated/α-hetero) is 1. The van der Waals surface area contributed by atoms with Crippen LogP contribution in [0.25, 0.3) is 0 Å². The van der Waals surface area contributed by atoms with Gasteiger partial charge in [-0.2, -0.15) is 0 Å². The molecule has 0 bridgehead atoms. The van der Waals surface area contributed by atoms with Crippen LogP contribution in [0, 0.1) is 0 Å². The van der Waals surface area contributed by atoms with E-state index in [1.807, 2.05) is 24.3 Å². The monoisotopic (exact) mass is 180 g/mol. The number of benzene rings is 1. The molecular weight excluding hydrogens is 167 g/mol. The molecule has 0 saturated carbocycles. The van der Waals surface area contributed by atoms with Gasteiger partial charge in [0.05, 0.1) is 6.67 Å². The highest BCUT2D eigenvalue weighted by atomic mass is 19.1. The van der Waals surface area contributed by atoms with Crippen molar-refractivity contribution in [2.24, 2.45) is 0 Å². The lowest BCUT2D eigenvalue weighted by Gasteiger charge is -2.00. The molecule has 0 fully saturated rings. The minimum absolute atomic E-state index is 0.151. The quantitative estimate of drug-likeness (QED) is 0.695. The molecule has 70 valence electrons. The molecule has 1 nitrogen and oxygen atoms in total. The molecule has 0 saturated heterocycles. The Labute approximate surface area is 77.6 Å². The normalized spacial score (nSPS) is 10.0. The first-order chi connectivity index (χ1) is 6.22. The van der Waals surface area contributed by atoms with Gasteiger partial charge in [0, 0.05) is 12.8 Å². The fourth-order valence-corrected chi connectivity index (χ4v) is 1.22. The van der Waals surface area contributed by atoms with E-state index in [0.29, 0.717) is 12.8 Å². The Hall–Kier alpha value is -1.18. The van der Waals surface area contributed by atoms with Gasteiger partial charge >= 0.3 is 0 Å². The molecule has 0 radical (unpaired) electrons. The summed E-state index contributed by atoms with van der Waals surface area (Å²) in [7, 11) is 0. The van der Waals surface area contributed by atoms with Gasteiger partial charge in [0.25, 0.3) is 0 Å². The van der Waals surface area contributed by atoms with E-state index in [1.165, 1.54) is 0 Å². The number of aryl methyl sites for hydroxylation is 1. The second-order valence-corrected chi connectivity index (χ2v) is 3.13. The summed E-state index contributed by atoms with van der Waals surface area (Å²) in [5.41, 5.74) is 1.98. The van der Waals surface area contributed by atoms with E-state index in [4.69, 9.17) is 0 Å². The molecule has 0 amide bonds. The first-order valence-electron chi connectivity index (χ1n) is 4.35. The Morgan fingerprint density at radius 1 is 1.23 bits per heavy atom. The van der Waals surface area contributed by atoms with Crippen LogP contribution in [0.5, 0.6) is 0 Å².